The normalized spacial score (nSPS) is 14.9. The SMILES string of the molecule is c1ccc(Cc2cccc3cc4n(c23)CCNCC4)cc1. The predicted molar refractivity (Wildman–Crippen MR) is 87.8 cm³/mol. The smallest absolute Gasteiger partial charge is 0.0518 e. The minimum atomic E-state index is 1.01. The van der Waals surface area contributed by atoms with Crippen LogP contribution in [0.25, 0.3) is 10.9 Å². The van der Waals surface area contributed by atoms with Gasteiger partial charge in [0.1, 0.15) is 0 Å². The second kappa shape index (κ2) is 5.38. The fraction of sp³-hybridized carbons (Fsp3) is 0.263. The van der Waals surface area contributed by atoms with Crippen LogP contribution < -0.4 is 5.32 Å². The summed E-state index contributed by atoms with van der Waals surface area (Å²) in [7, 11) is 0. The third-order valence-corrected chi connectivity index (χ3v) is 4.40. The Morgan fingerprint density at radius 1 is 0.952 bits per heavy atom. The van der Waals surface area contributed by atoms with Gasteiger partial charge in [0.2, 0.25) is 0 Å². The molecule has 2 heteroatoms. The van der Waals surface area contributed by atoms with E-state index in [1.54, 1.807) is 0 Å². The Labute approximate surface area is 125 Å². The van der Waals surface area contributed by atoms with Crippen LogP contribution in [-0.2, 0) is 19.4 Å². The summed E-state index contributed by atoms with van der Waals surface area (Å²) in [6.07, 6.45) is 2.13. The number of rotatable bonds is 2. The van der Waals surface area contributed by atoms with Crippen molar-refractivity contribution in [3.05, 3.63) is 71.4 Å². The fourth-order valence-electron chi connectivity index (χ4n) is 3.41. The van der Waals surface area contributed by atoms with Gasteiger partial charge in [0.15, 0.2) is 0 Å². The molecule has 2 aromatic carbocycles. The first-order valence-corrected chi connectivity index (χ1v) is 7.76. The topological polar surface area (TPSA) is 17.0 Å². The van der Waals surface area contributed by atoms with Crippen molar-refractivity contribution in [1.29, 1.82) is 0 Å². The molecule has 106 valence electrons. The van der Waals surface area contributed by atoms with Gasteiger partial charge in [-0.2, -0.15) is 0 Å². The maximum Gasteiger partial charge on any atom is 0.0518 e. The van der Waals surface area contributed by atoms with Crippen LogP contribution in [0.2, 0.25) is 0 Å². The highest BCUT2D eigenvalue weighted by atomic mass is 15.0. The number of nitrogens with zero attached hydrogens (tertiary/aromatic N) is 1. The highest BCUT2D eigenvalue weighted by molar-refractivity contribution is 5.85. The molecule has 0 spiro atoms. The Morgan fingerprint density at radius 2 is 1.86 bits per heavy atom. The van der Waals surface area contributed by atoms with Crippen molar-refractivity contribution in [2.24, 2.45) is 0 Å². The molecule has 4 rings (SSSR count). The lowest BCUT2D eigenvalue weighted by Crippen LogP contribution is -2.17. The van der Waals surface area contributed by atoms with Crippen LogP contribution in [0, 0.1) is 0 Å². The van der Waals surface area contributed by atoms with Gasteiger partial charge in [-0.3, -0.25) is 0 Å². The zero-order chi connectivity index (χ0) is 14.1. The molecule has 3 aromatic rings. The number of benzene rings is 2. The molecule has 2 heterocycles. The van der Waals surface area contributed by atoms with E-state index in [-0.39, 0.29) is 0 Å². The second-order valence-corrected chi connectivity index (χ2v) is 5.80. The maximum atomic E-state index is 3.49. The van der Waals surface area contributed by atoms with Crippen LogP contribution in [-0.4, -0.2) is 17.7 Å². The Kier molecular flexibility index (Phi) is 3.24. The second-order valence-electron chi connectivity index (χ2n) is 5.80. The van der Waals surface area contributed by atoms with E-state index in [2.05, 4.69) is 64.5 Å². The van der Waals surface area contributed by atoms with Crippen LogP contribution in [0.1, 0.15) is 16.8 Å². The van der Waals surface area contributed by atoms with Crippen molar-refractivity contribution >= 4 is 10.9 Å². The van der Waals surface area contributed by atoms with E-state index in [9.17, 15) is 0 Å². The number of para-hydroxylation sites is 1. The molecule has 0 amide bonds. The van der Waals surface area contributed by atoms with Crippen LogP contribution in [0.4, 0.5) is 0 Å². The van der Waals surface area contributed by atoms with Gasteiger partial charge in [0.05, 0.1) is 5.52 Å². The summed E-state index contributed by atoms with van der Waals surface area (Å²) in [6.45, 7) is 3.23. The highest BCUT2D eigenvalue weighted by Gasteiger charge is 2.14. The Hall–Kier alpha value is -2.06. The molecule has 0 fully saturated rings. The molecule has 0 aliphatic carbocycles. The molecule has 0 atom stereocenters. The average molecular weight is 276 g/mol. The first-order valence-electron chi connectivity index (χ1n) is 7.76. The van der Waals surface area contributed by atoms with Crippen molar-refractivity contribution in [3.8, 4) is 0 Å². The summed E-state index contributed by atoms with van der Waals surface area (Å²) in [4.78, 5) is 0. The first kappa shape index (κ1) is 12.7. The molecule has 0 saturated carbocycles. The first-order chi connectivity index (χ1) is 10.4. The van der Waals surface area contributed by atoms with Crippen molar-refractivity contribution in [3.63, 3.8) is 0 Å². The van der Waals surface area contributed by atoms with E-state index in [4.69, 9.17) is 0 Å². The number of hydrogen-bond donors (Lipinski definition) is 1. The summed E-state index contributed by atoms with van der Waals surface area (Å²) in [5, 5.41) is 4.88. The molecule has 1 aliphatic rings. The summed E-state index contributed by atoms with van der Waals surface area (Å²) < 4.78 is 2.52. The molecule has 1 aliphatic heterocycles. The Balaban J connectivity index is 1.83. The van der Waals surface area contributed by atoms with Crippen molar-refractivity contribution in [2.45, 2.75) is 19.4 Å². The van der Waals surface area contributed by atoms with E-state index in [0.717, 1.165) is 32.5 Å². The van der Waals surface area contributed by atoms with E-state index < -0.39 is 0 Å². The minimum Gasteiger partial charge on any atom is -0.343 e. The summed E-state index contributed by atoms with van der Waals surface area (Å²) in [6, 6.07) is 19.9. The van der Waals surface area contributed by atoms with E-state index in [0.29, 0.717) is 0 Å². The number of aromatic nitrogens is 1. The molecule has 0 radical (unpaired) electrons. The summed E-state index contributed by atoms with van der Waals surface area (Å²) >= 11 is 0. The quantitative estimate of drug-likeness (QED) is 0.759. The fourth-order valence-corrected chi connectivity index (χ4v) is 3.41. The summed E-state index contributed by atoms with van der Waals surface area (Å²) in [5.74, 6) is 0. The van der Waals surface area contributed by atoms with E-state index in [1.807, 2.05) is 0 Å². The average Bonchev–Trinajstić information content (AvgIpc) is 2.72. The van der Waals surface area contributed by atoms with Gasteiger partial charge in [-0.1, -0.05) is 48.5 Å². The van der Waals surface area contributed by atoms with Crippen LogP contribution in [0.5, 0.6) is 0 Å². The molecule has 0 saturated heterocycles. The molecular formula is C19H20N2. The third kappa shape index (κ3) is 2.36. The Morgan fingerprint density at radius 3 is 2.76 bits per heavy atom. The van der Waals surface area contributed by atoms with Gasteiger partial charge in [-0.15, -0.1) is 0 Å². The molecule has 21 heavy (non-hydrogen) atoms. The van der Waals surface area contributed by atoms with Gasteiger partial charge in [0.25, 0.3) is 0 Å². The van der Waals surface area contributed by atoms with Crippen molar-refractivity contribution in [2.75, 3.05) is 13.1 Å². The lowest BCUT2D eigenvalue weighted by Gasteiger charge is -2.11. The van der Waals surface area contributed by atoms with Crippen molar-refractivity contribution in [1.82, 2.24) is 9.88 Å². The van der Waals surface area contributed by atoms with Gasteiger partial charge < -0.3 is 9.88 Å². The molecule has 1 aromatic heterocycles. The number of hydrogen-bond acceptors (Lipinski definition) is 1. The molecule has 1 N–H and O–H groups in total. The van der Waals surface area contributed by atoms with Crippen LogP contribution in [0.3, 0.4) is 0 Å². The monoisotopic (exact) mass is 276 g/mol. The molecule has 2 nitrogen and oxygen atoms in total. The zero-order valence-electron chi connectivity index (χ0n) is 12.2. The molecular weight excluding hydrogens is 256 g/mol. The van der Waals surface area contributed by atoms with E-state index >= 15 is 0 Å². The lowest BCUT2D eigenvalue weighted by molar-refractivity contribution is 0.657. The van der Waals surface area contributed by atoms with Gasteiger partial charge in [-0.25, -0.2) is 0 Å². The lowest BCUT2D eigenvalue weighted by atomic mass is 10.0. The number of fused-ring (bicyclic) bond motifs is 3. The molecule has 0 unspecified atom stereocenters. The molecule has 0 bridgehead atoms. The largest absolute Gasteiger partial charge is 0.343 e. The maximum absolute atomic E-state index is 3.49. The summed E-state index contributed by atoms with van der Waals surface area (Å²) in [5.41, 5.74) is 5.72. The Bertz CT molecular complexity index is 756. The predicted octanol–water partition coefficient (Wildman–Crippen LogP) is 3.38. The van der Waals surface area contributed by atoms with Gasteiger partial charge >= 0.3 is 0 Å². The van der Waals surface area contributed by atoms with Crippen LogP contribution >= 0.6 is 0 Å². The van der Waals surface area contributed by atoms with Gasteiger partial charge in [-0.05, 0) is 23.6 Å². The van der Waals surface area contributed by atoms with Gasteiger partial charge in [0, 0.05) is 37.1 Å². The van der Waals surface area contributed by atoms with Crippen LogP contribution in [0.15, 0.2) is 54.6 Å². The van der Waals surface area contributed by atoms with E-state index in [1.165, 1.54) is 27.7 Å². The zero-order valence-corrected chi connectivity index (χ0v) is 12.2. The van der Waals surface area contributed by atoms with Crippen molar-refractivity contribution < 1.29 is 0 Å². The number of nitrogens with one attached hydrogen (secondary N) is 1. The third-order valence-electron chi connectivity index (χ3n) is 4.40. The standard InChI is InChI=1S/C19H20N2/c1-2-5-15(6-3-1)13-16-7-4-8-17-14-18-9-10-20-11-12-21(18)19(16)17/h1-8,14,20H,9-13H2. The minimum absolute atomic E-state index is 1.01. The highest BCUT2D eigenvalue weighted by Crippen LogP contribution is 2.26.